The van der Waals surface area contributed by atoms with E-state index in [4.69, 9.17) is 16.3 Å². The number of aromatic nitrogens is 4. The van der Waals surface area contributed by atoms with Crippen LogP contribution in [-0.4, -0.2) is 45.7 Å². The largest absolute Gasteiger partial charge is 0.385 e. The van der Waals surface area contributed by atoms with E-state index in [9.17, 15) is 4.79 Å². The van der Waals surface area contributed by atoms with Crippen molar-refractivity contribution >= 4 is 17.5 Å². The Morgan fingerprint density at radius 3 is 2.82 bits per heavy atom. The van der Waals surface area contributed by atoms with E-state index in [0.29, 0.717) is 30.5 Å². The summed E-state index contributed by atoms with van der Waals surface area (Å²) >= 11 is 6.12. The van der Waals surface area contributed by atoms with Crippen molar-refractivity contribution in [3.8, 4) is 0 Å². The van der Waals surface area contributed by atoms with Crippen LogP contribution in [0.4, 0.5) is 0 Å². The number of aryl methyl sites for hydroxylation is 1. The predicted octanol–water partition coefficient (Wildman–Crippen LogP) is 1.62. The van der Waals surface area contributed by atoms with E-state index in [1.54, 1.807) is 28.7 Å². The zero-order valence-electron chi connectivity index (χ0n) is 13.0. The van der Waals surface area contributed by atoms with E-state index in [2.05, 4.69) is 15.5 Å². The summed E-state index contributed by atoms with van der Waals surface area (Å²) in [6, 6.07) is 1.68. The number of amides is 1. The number of halogens is 1. The van der Waals surface area contributed by atoms with E-state index >= 15 is 0 Å². The van der Waals surface area contributed by atoms with Gasteiger partial charge in [-0.25, -0.2) is 4.68 Å². The maximum Gasteiger partial charge on any atom is 0.271 e. The molecule has 0 aliphatic rings. The van der Waals surface area contributed by atoms with Crippen molar-refractivity contribution in [1.82, 2.24) is 24.9 Å². The maximum atomic E-state index is 11.9. The first-order valence-electron chi connectivity index (χ1n) is 7.03. The van der Waals surface area contributed by atoms with E-state index in [-0.39, 0.29) is 5.91 Å². The highest BCUT2D eigenvalue weighted by Gasteiger charge is 2.12. The topological polar surface area (TPSA) is 74.0 Å². The summed E-state index contributed by atoms with van der Waals surface area (Å²) in [4.78, 5) is 11.9. The smallest absolute Gasteiger partial charge is 0.271 e. The lowest BCUT2D eigenvalue weighted by atomic mass is 10.4. The number of ether oxygens (including phenoxy) is 1. The summed E-state index contributed by atoms with van der Waals surface area (Å²) in [5.74, 6) is -0.193. The van der Waals surface area contributed by atoms with Crippen molar-refractivity contribution in [2.24, 2.45) is 0 Å². The fraction of sp³-hybridized carbons (Fsp3) is 0.500. The molecular weight excluding hydrogens is 306 g/mol. The Bertz CT molecular complexity index is 650. The molecule has 0 unspecified atom stereocenters. The van der Waals surface area contributed by atoms with E-state index in [0.717, 1.165) is 17.8 Å². The number of hydrogen-bond donors (Lipinski definition) is 1. The number of hydrogen-bond acceptors (Lipinski definition) is 4. The number of carbonyl (C=O) groups excluding carboxylic acids is 1. The zero-order valence-corrected chi connectivity index (χ0v) is 13.7. The Morgan fingerprint density at radius 2 is 2.18 bits per heavy atom. The van der Waals surface area contributed by atoms with Gasteiger partial charge in [-0.05, 0) is 26.3 Å². The van der Waals surface area contributed by atoms with Crippen LogP contribution in [0.1, 0.15) is 28.3 Å². The van der Waals surface area contributed by atoms with Crippen molar-refractivity contribution in [2.45, 2.75) is 26.9 Å². The molecule has 0 atom stereocenters. The second kappa shape index (κ2) is 7.42. The number of carbonyl (C=O) groups is 1. The third kappa shape index (κ3) is 3.86. The van der Waals surface area contributed by atoms with Crippen LogP contribution in [0.3, 0.4) is 0 Å². The van der Waals surface area contributed by atoms with Crippen LogP contribution in [0.2, 0.25) is 5.02 Å². The molecule has 0 saturated carbocycles. The molecule has 0 aliphatic heterocycles. The van der Waals surface area contributed by atoms with Crippen LogP contribution < -0.4 is 5.32 Å². The minimum atomic E-state index is -0.193. The van der Waals surface area contributed by atoms with Gasteiger partial charge in [-0.15, -0.1) is 0 Å². The fourth-order valence-corrected chi connectivity index (χ4v) is 2.16. The molecule has 2 rings (SSSR count). The number of rotatable bonds is 7. The lowest BCUT2D eigenvalue weighted by Gasteiger charge is -2.05. The van der Waals surface area contributed by atoms with Gasteiger partial charge >= 0.3 is 0 Å². The number of nitrogens with zero attached hydrogens (tertiary/aromatic N) is 4. The molecular formula is C14H20ClN5O2. The molecule has 1 N–H and O–H groups in total. The number of methoxy groups -OCH3 is 1. The minimum absolute atomic E-state index is 0.193. The lowest BCUT2D eigenvalue weighted by molar-refractivity contribution is 0.0942. The van der Waals surface area contributed by atoms with Gasteiger partial charge in [-0.2, -0.15) is 10.2 Å². The van der Waals surface area contributed by atoms with E-state index in [1.165, 1.54) is 0 Å². The molecule has 0 radical (unpaired) electrons. The van der Waals surface area contributed by atoms with Gasteiger partial charge in [0.05, 0.1) is 16.4 Å². The Labute approximate surface area is 134 Å². The van der Waals surface area contributed by atoms with Gasteiger partial charge in [0.2, 0.25) is 0 Å². The highest BCUT2D eigenvalue weighted by Crippen LogP contribution is 2.18. The first kappa shape index (κ1) is 16.5. The minimum Gasteiger partial charge on any atom is -0.385 e. The predicted molar refractivity (Wildman–Crippen MR) is 83.2 cm³/mol. The van der Waals surface area contributed by atoms with E-state index < -0.39 is 0 Å². The summed E-state index contributed by atoms with van der Waals surface area (Å²) in [7, 11) is 1.63. The Morgan fingerprint density at radius 1 is 1.41 bits per heavy atom. The SMILES string of the molecule is COCCCNC(=O)c1ccn(Cn2nc(C)c(Cl)c2C)n1. The van der Waals surface area contributed by atoms with Crippen LogP contribution in [0.5, 0.6) is 0 Å². The lowest BCUT2D eigenvalue weighted by Crippen LogP contribution is -2.26. The number of nitrogens with one attached hydrogen (secondary N) is 1. The third-order valence-electron chi connectivity index (χ3n) is 3.26. The molecule has 7 nitrogen and oxygen atoms in total. The van der Waals surface area contributed by atoms with Gasteiger partial charge in [0.1, 0.15) is 12.4 Å². The Balaban J connectivity index is 1.96. The normalized spacial score (nSPS) is 10.9. The van der Waals surface area contributed by atoms with Gasteiger partial charge in [-0.3, -0.25) is 9.48 Å². The summed E-state index contributed by atoms with van der Waals surface area (Å²) in [5.41, 5.74) is 2.03. The van der Waals surface area contributed by atoms with Crippen molar-refractivity contribution in [3.63, 3.8) is 0 Å². The first-order chi connectivity index (χ1) is 10.5. The molecule has 22 heavy (non-hydrogen) atoms. The molecule has 120 valence electrons. The monoisotopic (exact) mass is 325 g/mol. The summed E-state index contributed by atoms with van der Waals surface area (Å²) in [6.07, 6.45) is 2.52. The molecule has 0 bridgehead atoms. The standard InChI is InChI=1S/C14H20ClN5O2/c1-10-13(15)11(2)20(17-10)9-19-7-5-12(18-19)14(21)16-6-4-8-22-3/h5,7H,4,6,8-9H2,1-3H3,(H,16,21). The van der Waals surface area contributed by atoms with Gasteiger partial charge < -0.3 is 10.1 Å². The van der Waals surface area contributed by atoms with Crippen LogP contribution in [-0.2, 0) is 11.4 Å². The van der Waals surface area contributed by atoms with Gasteiger partial charge in [0.15, 0.2) is 0 Å². The molecule has 2 heterocycles. The Hall–Kier alpha value is -1.86. The summed E-state index contributed by atoms with van der Waals surface area (Å²) in [5, 5.41) is 12.0. The van der Waals surface area contributed by atoms with Gasteiger partial charge in [0.25, 0.3) is 5.91 Å². The highest BCUT2D eigenvalue weighted by atomic mass is 35.5. The average molecular weight is 326 g/mol. The molecule has 0 saturated heterocycles. The van der Waals surface area contributed by atoms with E-state index in [1.807, 2.05) is 13.8 Å². The molecule has 0 aliphatic carbocycles. The molecule has 1 amide bonds. The van der Waals surface area contributed by atoms with Crippen molar-refractivity contribution < 1.29 is 9.53 Å². The molecule has 0 fully saturated rings. The molecule has 2 aromatic rings. The second-order valence-electron chi connectivity index (χ2n) is 4.97. The maximum absolute atomic E-state index is 11.9. The van der Waals surface area contributed by atoms with Crippen molar-refractivity contribution in [3.05, 3.63) is 34.4 Å². The fourth-order valence-electron chi connectivity index (χ4n) is 2.02. The molecule has 8 heteroatoms. The van der Waals surface area contributed by atoms with Gasteiger partial charge in [0, 0.05) is 26.5 Å². The summed E-state index contributed by atoms with van der Waals surface area (Å²) in [6.45, 7) is 5.35. The van der Waals surface area contributed by atoms with Crippen LogP contribution in [0.25, 0.3) is 0 Å². The van der Waals surface area contributed by atoms with Crippen molar-refractivity contribution in [2.75, 3.05) is 20.3 Å². The molecule has 2 aromatic heterocycles. The zero-order chi connectivity index (χ0) is 16.1. The average Bonchev–Trinajstić information content (AvgIpc) is 3.05. The van der Waals surface area contributed by atoms with Crippen LogP contribution in [0.15, 0.2) is 12.3 Å². The van der Waals surface area contributed by atoms with Crippen LogP contribution >= 0.6 is 11.6 Å². The first-order valence-corrected chi connectivity index (χ1v) is 7.41. The molecule has 0 spiro atoms. The second-order valence-corrected chi connectivity index (χ2v) is 5.35. The third-order valence-corrected chi connectivity index (χ3v) is 3.80. The quantitative estimate of drug-likeness (QED) is 0.785. The summed E-state index contributed by atoms with van der Waals surface area (Å²) < 4.78 is 8.34. The highest BCUT2D eigenvalue weighted by molar-refractivity contribution is 6.31. The van der Waals surface area contributed by atoms with Crippen molar-refractivity contribution in [1.29, 1.82) is 0 Å². The van der Waals surface area contributed by atoms with Gasteiger partial charge in [-0.1, -0.05) is 11.6 Å². The molecule has 0 aromatic carbocycles. The van der Waals surface area contributed by atoms with Crippen LogP contribution in [0, 0.1) is 13.8 Å². The Kier molecular flexibility index (Phi) is 5.57.